The molecule has 2 N–H and O–H groups in total. The van der Waals surface area contributed by atoms with Crippen molar-refractivity contribution in [2.75, 3.05) is 27.9 Å². The highest BCUT2D eigenvalue weighted by Gasteiger charge is 2.27. The van der Waals surface area contributed by atoms with Crippen LogP contribution < -0.4 is 15.0 Å². The van der Waals surface area contributed by atoms with Gasteiger partial charge in [0.1, 0.15) is 34.4 Å². The second kappa shape index (κ2) is 12.4. The van der Waals surface area contributed by atoms with Crippen molar-refractivity contribution >= 4 is 17.5 Å². The fourth-order valence-electron chi connectivity index (χ4n) is 3.77. The zero-order chi connectivity index (χ0) is 27.1. The van der Waals surface area contributed by atoms with Crippen LogP contribution in [0.4, 0.5) is 4.39 Å². The number of aromatic nitrogens is 1. The van der Waals surface area contributed by atoms with Crippen LogP contribution in [0.3, 0.4) is 0 Å². The Morgan fingerprint density at radius 1 is 1.16 bits per heavy atom. The minimum absolute atomic E-state index is 0.00186. The number of benzene rings is 2. The number of allylic oxidation sites excluding steroid dienone is 1. The van der Waals surface area contributed by atoms with E-state index >= 15 is 0 Å². The van der Waals surface area contributed by atoms with E-state index in [1.807, 2.05) is 0 Å². The lowest BCUT2D eigenvalue weighted by molar-refractivity contribution is 0.131. The standard InChI is InChI=1S/C27H28ClFN2O6/c1-6-36-14-19-22(23-20(34-4)8-7-9-21(23)35-5)25(32)24(26(33)31-19)27(30-3)37-15(2)12-16-10-11-17(28)13-18(16)29/h7-11,13H,2,6,12,14H2,1,3-5H3,(H2,31,32,33). The number of aromatic amines is 1. The number of nitrogens with one attached hydrogen (secondary N) is 1. The maximum atomic E-state index is 14.3. The number of nitrogens with zero attached hydrogens (tertiary/aromatic N) is 1. The molecule has 0 aliphatic carbocycles. The van der Waals surface area contributed by atoms with E-state index in [-0.39, 0.29) is 46.4 Å². The molecule has 0 radical (unpaired) electrons. The van der Waals surface area contributed by atoms with Gasteiger partial charge in [-0.15, -0.1) is 0 Å². The van der Waals surface area contributed by atoms with Crippen LogP contribution in [0, 0.1) is 5.82 Å². The van der Waals surface area contributed by atoms with Gasteiger partial charge in [-0.1, -0.05) is 30.3 Å². The summed E-state index contributed by atoms with van der Waals surface area (Å²) in [5.41, 5.74) is 0.286. The molecule has 0 saturated heterocycles. The molecule has 0 aliphatic heterocycles. The van der Waals surface area contributed by atoms with Crippen LogP contribution in [-0.2, 0) is 22.5 Å². The molecular formula is C27H28ClFN2O6. The molecular weight excluding hydrogens is 503 g/mol. The Bertz CT molecular complexity index is 1360. The third-order valence-corrected chi connectivity index (χ3v) is 5.69. The van der Waals surface area contributed by atoms with Crippen molar-refractivity contribution < 1.29 is 28.4 Å². The summed E-state index contributed by atoms with van der Waals surface area (Å²) in [5, 5.41) is 11.7. The van der Waals surface area contributed by atoms with Gasteiger partial charge in [-0.05, 0) is 36.8 Å². The van der Waals surface area contributed by atoms with Crippen molar-refractivity contribution in [2.24, 2.45) is 4.99 Å². The molecule has 1 aromatic heterocycles. The summed E-state index contributed by atoms with van der Waals surface area (Å²) >= 11 is 5.82. The molecule has 0 atom stereocenters. The minimum atomic E-state index is -0.670. The minimum Gasteiger partial charge on any atom is -0.506 e. The van der Waals surface area contributed by atoms with E-state index in [4.69, 9.17) is 30.5 Å². The molecule has 10 heteroatoms. The topological polar surface area (TPSA) is 102 Å². The summed E-state index contributed by atoms with van der Waals surface area (Å²) in [6.07, 6.45) is -0.0176. The van der Waals surface area contributed by atoms with E-state index in [9.17, 15) is 14.3 Å². The van der Waals surface area contributed by atoms with Crippen LogP contribution in [0.1, 0.15) is 23.7 Å². The second-order valence-corrected chi connectivity index (χ2v) is 8.22. The number of methoxy groups -OCH3 is 2. The highest BCUT2D eigenvalue weighted by atomic mass is 35.5. The molecule has 0 aliphatic rings. The number of hydrogen-bond donors (Lipinski definition) is 2. The number of rotatable bonds is 10. The number of halogens is 2. The van der Waals surface area contributed by atoms with Gasteiger partial charge < -0.3 is 29.0 Å². The van der Waals surface area contributed by atoms with Crippen molar-refractivity contribution in [2.45, 2.75) is 20.0 Å². The van der Waals surface area contributed by atoms with Crippen molar-refractivity contribution in [1.29, 1.82) is 0 Å². The monoisotopic (exact) mass is 530 g/mol. The number of aliphatic imine (C=N–C) groups is 1. The molecule has 0 saturated carbocycles. The fourth-order valence-corrected chi connectivity index (χ4v) is 3.93. The highest BCUT2D eigenvalue weighted by Crippen LogP contribution is 2.44. The summed E-state index contributed by atoms with van der Waals surface area (Å²) in [5.74, 6) is -0.287. The second-order valence-electron chi connectivity index (χ2n) is 7.79. The van der Waals surface area contributed by atoms with E-state index in [1.54, 1.807) is 31.2 Å². The maximum absolute atomic E-state index is 14.3. The molecule has 0 unspecified atom stereocenters. The zero-order valence-corrected chi connectivity index (χ0v) is 21.7. The maximum Gasteiger partial charge on any atom is 0.264 e. The van der Waals surface area contributed by atoms with Crippen LogP contribution in [0.15, 0.2) is 58.5 Å². The van der Waals surface area contributed by atoms with E-state index in [2.05, 4.69) is 16.6 Å². The van der Waals surface area contributed by atoms with Crippen molar-refractivity contribution in [3.8, 4) is 28.4 Å². The molecule has 1 heterocycles. The molecule has 8 nitrogen and oxygen atoms in total. The van der Waals surface area contributed by atoms with Crippen molar-refractivity contribution in [1.82, 2.24) is 4.98 Å². The Labute approximate surface area is 218 Å². The predicted molar refractivity (Wildman–Crippen MR) is 140 cm³/mol. The van der Waals surface area contributed by atoms with E-state index in [1.165, 1.54) is 33.4 Å². The SMILES string of the molecule is C=C(Cc1ccc(Cl)cc1F)OC(=NC)c1c(O)c(-c2c(OC)cccc2OC)c(COCC)[nH]c1=O. The Balaban J connectivity index is 2.12. The highest BCUT2D eigenvalue weighted by molar-refractivity contribution is 6.30. The average molecular weight is 531 g/mol. The normalized spacial score (nSPS) is 11.4. The van der Waals surface area contributed by atoms with Crippen LogP contribution in [-0.4, -0.2) is 43.9 Å². The molecule has 0 bridgehead atoms. The summed E-state index contributed by atoms with van der Waals surface area (Å²) in [4.78, 5) is 20.0. The summed E-state index contributed by atoms with van der Waals surface area (Å²) in [7, 11) is 4.35. The summed E-state index contributed by atoms with van der Waals surface area (Å²) in [6, 6.07) is 9.35. The van der Waals surface area contributed by atoms with E-state index in [0.717, 1.165) is 0 Å². The van der Waals surface area contributed by atoms with Crippen LogP contribution in [0.5, 0.6) is 17.2 Å². The Morgan fingerprint density at radius 3 is 2.41 bits per heavy atom. The smallest absolute Gasteiger partial charge is 0.264 e. The molecule has 0 spiro atoms. The Hall–Kier alpha value is -3.82. The first kappa shape index (κ1) is 27.8. The van der Waals surface area contributed by atoms with Crippen molar-refractivity contribution in [3.63, 3.8) is 0 Å². The lowest BCUT2D eigenvalue weighted by Crippen LogP contribution is -2.23. The average Bonchev–Trinajstić information content (AvgIpc) is 2.88. The first-order chi connectivity index (χ1) is 17.7. The van der Waals surface area contributed by atoms with Gasteiger partial charge in [-0.2, -0.15) is 0 Å². The van der Waals surface area contributed by atoms with Gasteiger partial charge in [0.15, 0.2) is 0 Å². The van der Waals surface area contributed by atoms with Gasteiger partial charge in [-0.3, -0.25) is 9.79 Å². The first-order valence-electron chi connectivity index (χ1n) is 11.3. The quantitative estimate of drug-likeness (QED) is 0.211. The van der Waals surface area contributed by atoms with Crippen LogP contribution in [0.2, 0.25) is 5.02 Å². The fraction of sp³-hybridized carbons (Fsp3) is 0.259. The van der Waals surface area contributed by atoms with E-state index in [0.29, 0.717) is 29.4 Å². The van der Waals surface area contributed by atoms with Gasteiger partial charge in [0.05, 0.1) is 37.6 Å². The Kier molecular flexibility index (Phi) is 9.32. The number of hydrogen-bond acceptors (Lipinski definition) is 7. The lowest BCUT2D eigenvalue weighted by Gasteiger charge is -2.20. The number of ether oxygens (including phenoxy) is 4. The lowest BCUT2D eigenvalue weighted by atomic mass is 9.98. The van der Waals surface area contributed by atoms with Gasteiger partial charge in [0.25, 0.3) is 5.56 Å². The van der Waals surface area contributed by atoms with Gasteiger partial charge in [-0.25, -0.2) is 4.39 Å². The number of pyridine rings is 1. The predicted octanol–water partition coefficient (Wildman–Crippen LogP) is 5.24. The third kappa shape index (κ3) is 6.12. The molecule has 0 fully saturated rings. The number of H-pyrrole nitrogens is 1. The zero-order valence-electron chi connectivity index (χ0n) is 21.0. The molecule has 196 valence electrons. The Morgan fingerprint density at radius 2 is 1.84 bits per heavy atom. The third-order valence-electron chi connectivity index (χ3n) is 5.46. The largest absolute Gasteiger partial charge is 0.506 e. The van der Waals surface area contributed by atoms with Crippen molar-refractivity contribution in [3.05, 3.63) is 86.8 Å². The van der Waals surface area contributed by atoms with Gasteiger partial charge in [0.2, 0.25) is 5.90 Å². The van der Waals surface area contributed by atoms with Gasteiger partial charge >= 0.3 is 0 Å². The van der Waals surface area contributed by atoms with E-state index < -0.39 is 17.1 Å². The van der Waals surface area contributed by atoms with Crippen LogP contribution in [0.25, 0.3) is 11.1 Å². The molecule has 3 rings (SSSR count). The molecule has 2 aromatic carbocycles. The molecule has 37 heavy (non-hydrogen) atoms. The first-order valence-corrected chi connectivity index (χ1v) is 11.7. The number of aromatic hydroxyl groups is 1. The molecule has 0 amide bonds. The van der Waals surface area contributed by atoms with Gasteiger partial charge in [0, 0.05) is 25.1 Å². The molecule has 3 aromatic rings. The summed E-state index contributed by atoms with van der Waals surface area (Å²) in [6.45, 7) is 6.00. The summed E-state index contributed by atoms with van der Waals surface area (Å²) < 4.78 is 36.6. The van der Waals surface area contributed by atoms with Crippen LogP contribution >= 0.6 is 11.6 Å².